The van der Waals surface area contributed by atoms with Crippen LogP contribution in [0.15, 0.2) is 30.3 Å². The van der Waals surface area contributed by atoms with Crippen molar-refractivity contribution in [1.82, 2.24) is 4.90 Å². The molecule has 1 aromatic carbocycles. The van der Waals surface area contributed by atoms with E-state index in [2.05, 4.69) is 0 Å². The zero-order valence-electron chi connectivity index (χ0n) is 11.0. The summed E-state index contributed by atoms with van der Waals surface area (Å²) >= 11 is 0. The molecule has 1 atom stereocenters. The number of aliphatic carboxylic acids is 1. The van der Waals surface area contributed by atoms with Crippen LogP contribution in [0, 0.1) is 11.7 Å². The fourth-order valence-corrected chi connectivity index (χ4v) is 2.33. The van der Waals surface area contributed by atoms with E-state index in [1.165, 1.54) is 18.2 Å². The molecule has 2 rings (SSSR count). The fourth-order valence-electron chi connectivity index (χ4n) is 2.33. The third-order valence-electron chi connectivity index (χ3n) is 3.33. The van der Waals surface area contributed by atoms with Gasteiger partial charge in [0.15, 0.2) is 0 Å². The van der Waals surface area contributed by atoms with Crippen molar-refractivity contribution in [2.45, 2.75) is 12.8 Å². The van der Waals surface area contributed by atoms with Gasteiger partial charge in [0.25, 0.3) is 0 Å². The van der Waals surface area contributed by atoms with Gasteiger partial charge >= 0.3 is 5.97 Å². The highest BCUT2D eigenvalue weighted by atomic mass is 19.1. The van der Waals surface area contributed by atoms with Gasteiger partial charge in [-0.25, -0.2) is 4.39 Å². The first kappa shape index (κ1) is 14.2. The van der Waals surface area contributed by atoms with E-state index >= 15 is 0 Å². The first-order valence-electron chi connectivity index (χ1n) is 6.49. The Morgan fingerprint density at radius 1 is 1.45 bits per heavy atom. The number of carboxylic acid groups (broad SMARTS) is 1. The van der Waals surface area contributed by atoms with Crippen LogP contribution in [0.1, 0.15) is 18.4 Å². The van der Waals surface area contributed by atoms with Crippen molar-refractivity contribution in [3.05, 3.63) is 41.7 Å². The van der Waals surface area contributed by atoms with Crippen molar-refractivity contribution in [3.63, 3.8) is 0 Å². The highest BCUT2D eigenvalue weighted by molar-refractivity contribution is 5.92. The van der Waals surface area contributed by atoms with E-state index in [0.717, 1.165) is 0 Å². The molecule has 0 aliphatic carbocycles. The van der Waals surface area contributed by atoms with E-state index in [9.17, 15) is 14.0 Å². The van der Waals surface area contributed by atoms with Crippen LogP contribution in [0.4, 0.5) is 4.39 Å². The van der Waals surface area contributed by atoms with Crippen LogP contribution in [0.3, 0.4) is 0 Å². The van der Waals surface area contributed by atoms with Crippen molar-refractivity contribution >= 4 is 18.0 Å². The minimum atomic E-state index is -0.834. The van der Waals surface area contributed by atoms with Crippen molar-refractivity contribution in [1.29, 1.82) is 0 Å². The number of hydrogen-bond acceptors (Lipinski definition) is 2. The quantitative estimate of drug-likeness (QED) is 0.858. The number of rotatable bonds is 4. The monoisotopic (exact) mass is 277 g/mol. The Labute approximate surface area is 116 Å². The number of amides is 1. The van der Waals surface area contributed by atoms with Gasteiger partial charge in [-0.15, -0.1) is 0 Å². The summed E-state index contributed by atoms with van der Waals surface area (Å²) in [5.74, 6) is -1.32. The number of likely N-dealkylation sites (tertiary alicyclic amines) is 1. The first-order valence-corrected chi connectivity index (χ1v) is 6.49. The summed E-state index contributed by atoms with van der Waals surface area (Å²) in [5, 5.41) is 8.72. The highest BCUT2D eigenvalue weighted by Gasteiger charge is 2.26. The minimum absolute atomic E-state index is 0.0269. The molecule has 5 heteroatoms. The summed E-state index contributed by atoms with van der Waals surface area (Å²) in [6.45, 7) is 1.04. The van der Waals surface area contributed by atoms with Crippen LogP contribution in [0.5, 0.6) is 0 Å². The molecule has 106 valence electrons. The maximum atomic E-state index is 13.0. The molecular weight excluding hydrogens is 261 g/mol. The molecule has 1 aliphatic heterocycles. The largest absolute Gasteiger partial charge is 0.481 e. The number of carboxylic acids is 1. The number of carbonyl (C=O) groups is 2. The van der Waals surface area contributed by atoms with Gasteiger partial charge < -0.3 is 10.0 Å². The van der Waals surface area contributed by atoms with Gasteiger partial charge in [0.05, 0.1) is 0 Å². The van der Waals surface area contributed by atoms with E-state index in [4.69, 9.17) is 5.11 Å². The Morgan fingerprint density at radius 2 is 2.25 bits per heavy atom. The molecule has 1 heterocycles. The van der Waals surface area contributed by atoms with Gasteiger partial charge in [0.1, 0.15) is 5.82 Å². The normalized spacial score (nSPS) is 18.6. The van der Waals surface area contributed by atoms with Crippen LogP contribution in [-0.2, 0) is 9.59 Å². The van der Waals surface area contributed by atoms with Crippen LogP contribution >= 0.6 is 0 Å². The SMILES string of the molecule is O=C(O)CC1CCN(C(=O)C=Cc2cccc(F)c2)C1. The van der Waals surface area contributed by atoms with Gasteiger partial charge in [-0.2, -0.15) is 0 Å². The smallest absolute Gasteiger partial charge is 0.303 e. The van der Waals surface area contributed by atoms with Gasteiger partial charge in [-0.1, -0.05) is 12.1 Å². The Balaban J connectivity index is 1.91. The summed E-state index contributed by atoms with van der Waals surface area (Å²) in [6, 6.07) is 5.99. The average molecular weight is 277 g/mol. The van der Waals surface area contributed by atoms with Crippen LogP contribution in [-0.4, -0.2) is 35.0 Å². The third-order valence-corrected chi connectivity index (χ3v) is 3.33. The molecule has 4 nitrogen and oxygen atoms in total. The van der Waals surface area contributed by atoms with Gasteiger partial charge in [-0.3, -0.25) is 9.59 Å². The van der Waals surface area contributed by atoms with E-state index in [-0.39, 0.29) is 24.1 Å². The zero-order chi connectivity index (χ0) is 14.5. The van der Waals surface area contributed by atoms with E-state index in [1.54, 1.807) is 23.1 Å². The molecule has 0 saturated carbocycles. The summed E-state index contributed by atoms with van der Waals surface area (Å²) in [6.07, 6.45) is 3.77. The number of nitrogens with zero attached hydrogens (tertiary/aromatic N) is 1. The third kappa shape index (κ3) is 3.91. The zero-order valence-corrected chi connectivity index (χ0v) is 11.0. The van der Waals surface area contributed by atoms with Crippen molar-refractivity contribution < 1.29 is 19.1 Å². The lowest BCUT2D eigenvalue weighted by Gasteiger charge is -2.13. The minimum Gasteiger partial charge on any atom is -0.481 e. The predicted octanol–water partition coefficient (Wildman–Crippen LogP) is 2.16. The van der Waals surface area contributed by atoms with Crippen LogP contribution in [0.2, 0.25) is 0 Å². The lowest BCUT2D eigenvalue weighted by Crippen LogP contribution is -2.27. The molecule has 1 aromatic rings. The number of carbonyl (C=O) groups excluding carboxylic acids is 1. The molecule has 1 saturated heterocycles. The van der Waals surface area contributed by atoms with Gasteiger partial charge in [-0.05, 0) is 36.1 Å². The highest BCUT2D eigenvalue weighted by Crippen LogP contribution is 2.20. The van der Waals surface area contributed by atoms with Gasteiger partial charge in [0.2, 0.25) is 5.91 Å². The molecule has 1 N–H and O–H groups in total. The van der Waals surface area contributed by atoms with Crippen molar-refractivity contribution in [3.8, 4) is 0 Å². The maximum absolute atomic E-state index is 13.0. The topological polar surface area (TPSA) is 57.6 Å². The molecule has 1 unspecified atom stereocenters. The van der Waals surface area contributed by atoms with Crippen molar-refractivity contribution in [2.24, 2.45) is 5.92 Å². The van der Waals surface area contributed by atoms with Crippen LogP contribution in [0.25, 0.3) is 6.08 Å². The summed E-state index contributed by atoms with van der Waals surface area (Å²) in [7, 11) is 0. The molecule has 0 spiro atoms. The molecule has 20 heavy (non-hydrogen) atoms. The van der Waals surface area contributed by atoms with E-state index in [1.807, 2.05) is 0 Å². The van der Waals surface area contributed by atoms with E-state index < -0.39 is 5.97 Å². The summed E-state index contributed by atoms with van der Waals surface area (Å²) in [4.78, 5) is 24.2. The Kier molecular flexibility index (Phi) is 4.50. The molecule has 1 amide bonds. The molecular formula is C15H16FNO3. The molecule has 1 aliphatic rings. The molecule has 0 bridgehead atoms. The second-order valence-corrected chi connectivity index (χ2v) is 4.93. The lowest BCUT2D eigenvalue weighted by molar-refractivity contribution is -0.138. The van der Waals surface area contributed by atoms with E-state index in [0.29, 0.717) is 25.1 Å². The first-order chi connectivity index (χ1) is 9.54. The standard InChI is InChI=1S/C15H16FNO3/c16-13-3-1-2-11(8-13)4-5-14(18)17-7-6-12(10-17)9-15(19)20/h1-5,8,12H,6-7,9-10H2,(H,19,20). The lowest BCUT2D eigenvalue weighted by atomic mass is 10.1. The second-order valence-electron chi connectivity index (χ2n) is 4.93. The Bertz CT molecular complexity index is 542. The van der Waals surface area contributed by atoms with Crippen molar-refractivity contribution in [2.75, 3.05) is 13.1 Å². The Hall–Kier alpha value is -2.17. The average Bonchev–Trinajstić information content (AvgIpc) is 2.84. The summed E-state index contributed by atoms with van der Waals surface area (Å²) in [5.41, 5.74) is 0.625. The Morgan fingerprint density at radius 3 is 2.95 bits per heavy atom. The number of benzene rings is 1. The second kappa shape index (κ2) is 6.32. The number of hydrogen-bond donors (Lipinski definition) is 1. The fraction of sp³-hybridized carbons (Fsp3) is 0.333. The maximum Gasteiger partial charge on any atom is 0.303 e. The van der Waals surface area contributed by atoms with Crippen LogP contribution < -0.4 is 0 Å². The predicted molar refractivity (Wildman–Crippen MR) is 72.4 cm³/mol. The summed E-state index contributed by atoms with van der Waals surface area (Å²) < 4.78 is 13.0. The number of halogens is 1. The molecule has 1 fully saturated rings. The van der Waals surface area contributed by atoms with Gasteiger partial charge in [0, 0.05) is 25.6 Å². The molecule has 0 radical (unpaired) electrons. The molecule has 0 aromatic heterocycles.